The molecule has 14 heteroatoms. The fraction of sp³-hybridized carbons (Fsp3) is 0.500. The second-order valence-electron chi connectivity index (χ2n) is 9.79. The van der Waals surface area contributed by atoms with Gasteiger partial charge in [0.05, 0.1) is 29.9 Å². The van der Waals surface area contributed by atoms with Gasteiger partial charge in [0.25, 0.3) is 0 Å². The van der Waals surface area contributed by atoms with E-state index in [1.54, 1.807) is 36.1 Å². The van der Waals surface area contributed by atoms with Gasteiger partial charge in [0.15, 0.2) is 12.4 Å². The average Bonchev–Trinajstić information content (AvgIpc) is 3.35. The van der Waals surface area contributed by atoms with Crippen LogP contribution in [-0.4, -0.2) is 74.8 Å². The zero-order valence-corrected chi connectivity index (χ0v) is 24.2. The standard InChI is InChI=1S/C28H33F3N4O6S/c1-3-39-27(37)40-16-15-34(20-9-5-4-6-10-20)26(36)35-23-12-8-7-11-21(23)33-25(35)42(38)17-22-19(2)24(13-14-32-22)41-18-28(29,30)31/h7-8,11-14,20H,3-6,9-10,15-18H2,1-2H3/t42-/m1/s1. The van der Waals surface area contributed by atoms with Gasteiger partial charge in [-0.25, -0.2) is 14.2 Å². The average molecular weight is 611 g/mol. The van der Waals surface area contributed by atoms with Gasteiger partial charge in [0.2, 0.25) is 0 Å². The Morgan fingerprint density at radius 1 is 1.14 bits per heavy atom. The van der Waals surface area contributed by atoms with Gasteiger partial charge in [-0.15, -0.1) is 0 Å². The number of carbonyl (C=O) groups is 2. The summed E-state index contributed by atoms with van der Waals surface area (Å²) in [5.74, 6) is -0.231. The Bertz CT molecular complexity index is 1380. The molecule has 0 unspecified atom stereocenters. The summed E-state index contributed by atoms with van der Waals surface area (Å²) >= 11 is -1.92. The van der Waals surface area contributed by atoms with Crippen LogP contribution < -0.4 is 4.74 Å². The molecule has 1 aliphatic rings. The minimum atomic E-state index is -4.52. The first-order valence-corrected chi connectivity index (χ1v) is 15.0. The lowest BCUT2D eigenvalue weighted by Gasteiger charge is -2.34. The first-order chi connectivity index (χ1) is 20.1. The number of hydrogen-bond acceptors (Lipinski definition) is 8. The smallest absolute Gasteiger partial charge is 0.508 e. The molecule has 0 N–H and O–H groups in total. The number of hydrogen-bond donors (Lipinski definition) is 0. The highest BCUT2D eigenvalue weighted by Crippen LogP contribution is 2.29. The van der Waals surface area contributed by atoms with E-state index in [-0.39, 0.29) is 48.2 Å². The fourth-order valence-electron chi connectivity index (χ4n) is 4.89. The number of benzene rings is 1. The van der Waals surface area contributed by atoms with Crippen LogP contribution in [0.5, 0.6) is 5.75 Å². The lowest BCUT2D eigenvalue weighted by molar-refractivity contribution is -0.153. The summed E-state index contributed by atoms with van der Waals surface area (Å²) in [6, 6.07) is 7.61. The van der Waals surface area contributed by atoms with Crippen molar-refractivity contribution in [2.45, 2.75) is 69.1 Å². The van der Waals surface area contributed by atoms with Crippen LogP contribution in [0.1, 0.15) is 50.3 Å². The molecule has 0 spiro atoms. The van der Waals surface area contributed by atoms with E-state index in [9.17, 15) is 27.3 Å². The van der Waals surface area contributed by atoms with Crippen molar-refractivity contribution in [1.29, 1.82) is 0 Å². The number of ether oxygens (including phenoxy) is 3. The Hall–Kier alpha value is -3.52. The van der Waals surface area contributed by atoms with E-state index in [2.05, 4.69) is 9.97 Å². The molecule has 1 saturated carbocycles. The van der Waals surface area contributed by atoms with Crippen LogP contribution in [0.15, 0.2) is 41.7 Å². The Kier molecular flexibility index (Phi) is 10.5. The van der Waals surface area contributed by atoms with E-state index in [1.165, 1.54) is 23.8 Å². The van der Waals surface area contributed by atoms with Crippen LogP contribution in [-0.2, 0) is 26.4 Å². The number of alkyl halides is 3. The van der Waals surface area contributed by atoms with Crippen molar-refractivity contribution in [3.63, 3.8) is 0 Å². The van der Waals surface area contributed by atoms with Gasteiger partial charge in [0.1, 0.15) is 12.4 Å². The van der Waals surface area contributed by atoms with Crippen LogP contribution in [0, 0.1) is 6.92 Å². The summed E-state index contributed by atoms with van der Waals surface area (Å²) in [6.45, 7) is 1.90. The molecule has 1 atom stereocenters. The largest absolute Gasteiger partial charge is 0.609 e. The lowest BCUT2D eigenvalue weighted by Crippen LogP contribution is -2.46. The molecule has 3 aromatic rings. The summed E-state index contributed by atoms with van der Waals surface area (Å²) in [6.07, 6.45) is 0.409. The number of pyridine rings is 1. The predicted molar refractivity (Wildman–Crippen MR) is 148 cm³/mol. The van der Waals surface area contributed by atoms with Gasteiger partial charge in [-0.3, -0.25) is 4.98 Å². The van der Waals surface area contributed by atoms with Crippen LogP contribution in [0.4, 0.5) is 22.8 Å². The number of nitrogens with zero attached hydrogens (tertiary/aromatic N) is 4. The third-order valence-electron chi connectivity index (χ3n) is 6.92. The maximum atomic E-state index is 14.2. The number of halogens is 3. The summed E-state index contributed by atoms with van der Waals surface area (Å²) in [5, 5.41) is -0.0175. The Balaban J connectivity index is 1.64. The molecule has 42 heavy (non-hydrogen) atoms. The fourth-order valence-corrected chi connectivity index (χ4v) is 6.14. The molecule has 4 rings (SSSR count). The number of rotatable bonds is 10. The zero-order chi connectivity index (χ0) is 30.3. The van der Waals surface area contributed by atoms with Crippen LogP contribution >= 0.6 is 0 Å². The molecular formula is C28H33F3N4O6S. The Morgan fingerprint density at radius 3 is 2.60 bits per heavy atom. The monoisotopic (exact) mass is 610 g/mol. The van der Waals surface area contributed by atoms with Crippen LogP contribution in [0.2, 0.25) is 0 Å². The van der Waals surface area contributed by atoms with E-state index in [4.69, 9.17) is 14.2 Å². The number of imidazole rings is 1. The molecule has 1 amide bonds. The van der Waals surface area contributed by atoms with E-state index >= 15 is 0 Å². The van der Waals surface area contributed by atoms with Gasteiger partial charge in [-0.05, 0) is 44.9 Å². The van der Waals surface area contributed by atoms with E-state index in [0.29, 0.717) is 16.6 Å². The molecule has 0 radical (unpaired) electrons. The first-order valence-electron chi connectivity index (χ1n) is 13.7. The van der Waals surface area contributed by atoms with Gasteiger partial charge < -0.3 is 23.7 Å². The molecule has 1 aliphatic carbocycles. The third kappa shape index (κ3) is 7.85. The Labute approximate surface area is 244 Å². The van der Waals surface area contributed by atoms with Crippen molar-refractivity contribution < 1.29 is 41.5 Å². The van der Waals surface area contributed by atoms with Gasteiger partial charge >= 0.3 is 23.5 Å². The minimum absolute atomic E-state index is 0.0175. The molecule has 0 saturated heterocycles. The van der Waals surface area contributed by atoms with Crippen molar-refractivity contribution in [2.24, 2.45) is 0 Å². The number of amides is 1. The second kappa shape index (κ2) is 14.1. The molecule has 1 aromatic carbocycles. The van der Waals surface area contributed by atoms with Gasteiger partial charge in [0, 0.05) is 29.0 Å². The van der Waals surface area contributed by atoms with Crippen molar-refractivity contribution >= 4 is 34.4 Å². The summed E-state index contributed by atoms with van der Waals surface area (Å²) in [7, 11) is 0. The minimum Gasteiger partial charge on any atom is -0.609 e. The SMILES string of the molecule is CCOC(=O)OCCN(C(=O)n1c([S@+]([O-])Cc2nccc(OCC(F)(F)F)c2C)nc2ccccc21)C1CCCCC1. The molecule has 0 bridgehead atoms. The van der Waals surface area contributed by atoms with E-state index in [1.807, 2.05) is 0 Å². The quantitative estimate of drug-likeness (QED) is 0.210. The maximum absolute atomic E-state index is 14.2. The number of carbonyl (C=O) groups excluding carboxylic acids is 2. The molecule has 0 aliphatic heterocycles. The van der Waals surface area contributed by atoms with Crippen molar-refractivity contribution in [2.75, 3.05) is 26.4 Å². The molecule has 228 valence electrons. The molecule has 10 nitrogen and oxygen atoms in total. The summed E-state index contributed by atoms with van der Waals surface area (Å²) in [4.78, 5) is 36.3. The van der Waals surface area contributed by atoms with Crippen molar-refractivity contribution in [3.05, 3.63) is 47.8 Å². The van der Waals surface area contributed by atoms with E-state index < -0.39 is 36.1 Å². The van der Waals surface area contributed by atoms with Crippen LogP contribution in [0.3, 0.4) is 0 Å². The zero-order valence-electron chi connectivity index (χ0n) is 23.4. The maximum Gasteiger partial charge on any atom is 0.508 e. The predicted octanol–water partition coefficient (Wildman–Crippen LogP) is 5.76. The van der Waals surface area contributed by atoms with E-state index in [0.717, 1.165) is 32.1 Å². The second-order valence-corrected chi connectivity index (χ2v) is 11.1. The van der Waals surface area contributed by atoms with Crippen molar-refractivity contribution in [3.8, 4) is 5.75 Å². The normalized spacial score (nSPS) is 14.9. The van der Waals surface area contributed by atoms with Gasteiger partial charge in [-0.2, -0.15) is 18.2 Å². The molecule has 1 fully saturated rings. The highest BCUT2D eigenvalue weighted by molar-refractivity contribution is 7.90. The molecule has 2 aromatic heterocycles. The summed E-state index contributed by atoms with van der Waals surface area (Å²) < 4.78 is 68.1. The molecular weight excluding hydrogens is 577 g/mol. The number of fused-ring (bicyclic) bond motifs is 1. The first kappa shape index (κ1) is 31.4. The topological polar surface area (TPSA) is 119 Å². The van der Waals surface area contributed by atoms with Crippen LogP contribution in [0.25, 0.3) is 11.0 Å². The Morgan fingerprint density at radius 2 is 1.88 bits per heavy atom. The third-order valence-corrected chi connectivity index (χ3v) is 8.14. The highest BCUT2D eigenvalue weighted by atomic mass is 32.2. The van der Waals surface area contributed by atoms with Gasteiger partial charge in [-0.1, -0.05) is 31.4 Å². The number of aromatic nitrogens is 3. The molecule has 2 heterocycles. The number of para-hydroxylation sites is 2. The highest BCUT2D eigenvalue weighted by Gasteiger charge is 2.34. The van der Waals surface area contributed by atoms with Crippen molar-refractivity contribution in [1.82, 2.24) is 19.4 Å². The summed E-state index contributed by atoms with van der Waals surface area (Å²) in [5.41, 5.74) is 1.47. The lowest BCUT2D eigenvalue weighted by atomic mass is 9.94.